The van der Waals surface area contributed by atoms with Gasteiger partial charge in [-0.25, -0.2) is 9.97 Å². The van der Waals surface area contributed by atoms with Crippen LogP contribution in [-0.2, 0) is 19.5 Å². The summed E-state index contributed by atoms with van der Waals surface area (Å²) in [5, 5.41) is 1.03. The molecule has 23 heavy (non-hydrogen) atoms. The molecule has 116 valence electrons. The zero-order valence-corrected chi connectivity index (χ0v) is 13.2. The SMILES string of the molecule is O=c1[nH]c(=S)[nH]c2c1CN(Cc1ccc3cccnc3n1)CC2. The lowest BCUT2D eigenvalue weighted by molar-refractivity contribution is 0.239. The average molecular weight is 325 g/mol. The number of hydrogen-bond acceptors (Lipinski definition) is 5. The Balaban J connectivity index is 1.59. The van der Waals surface area contributed by atoms with E-state index in [0.717, 1.165) is 41.0 Å². The van der Waals surface area contributed by atoms with E-state index in [4.69, 9.17) is 12.2 Å². The molecule has 0 fully saturated rings. The van der Waals surface area contributed by atoms with Crippen LogP contribution >= 0.6 is 12.2 Å². The molecule has 0 saturated carbocycles. The Hall–Kier alpha value is -2.38. The van der Waals surface area contributed by atoms with Gasteiger partial charge >= 0.3 is 0 Å². The molecule has 0 atom stereocenters. The van der Waals surface area contributed by atoms with Crippen LogP contribution in [0.4, 0.5) is 0 Å². The number of nitrogens with one attached hydrogen (secondary N) is 2. The van der Waals surface area contributed by atoms with Gasteiger partial charge in [-0.15, -0.1) is 0 Å². The van der Waals surface area contributed by atoms with Crippen LogP contribution in [0.3, 0.4) is 0 Å². The number of H-pyrrole nitrogens is 2. The maximum absolute atomic E-state index is 12.1. The first-order valence-corrected chi connectivity index (χ1v) is 7.87. The Morgan fingerprint density at radius 3 is 3.09 bits per heavy atom. The van der Waals surface area contributed by atoms with Crippen molar-refractivity contribution in [1.82, 2.24) is 24.8 Å². The third-order valence-corrected chi connectivity index (χ3v) is 4.30. The molecular formula is C16H15N5OS. The van der Waals surface area contributed by atoms with E-state index in [-0.39, 0.29) is 5.56 Å². The summed E-state index contributed by atoms with van der Waals surface area (Å²) in [5.41, 5.74) is 3.33. The summed E-state index contributed by atoms with van der Waals surface area (Å²) in [6.45, 7) is 2.16. The molecule has 0 bridgehead atoms. The fourth-order valence-corrected chi connectivity index (χ4v) is 3.17. The van der Waals surface area contributed by atoms with Crippen LogP contribution in [0, 0.1) is 4.77 Å². The van der Waals surface area contributed by atoms with E-state index in [1.807, 2.05) is 24.3 Å². The first-order chi connectivity index (χ1) is 11.2. The summed E-state index contributed by atoms with van der Waals surface area (Å²) in [4.78, 5) is 28.9. The van der Waals surface area contributed by atoms with Crippen LogP contribution in [0.1, 0.15) is 17.0 Å². The lowest BCUT2D eigenvalue weighted by Crippen LogP contribution is -2.35. The molecule has 4 rings (SSSR count). The zero-order valence-electron chi connectivity index (χ0n) is 12.4. The van der Waals surface area contributed by atoms with Crippen molar-refractivity contribution in [3.8, 4) is 0 Å². The summed E-state index contributed by atoms with van der Waals surface area (Å²) in [7, 11) is 0. The molecule has 2 N–H and O–H groups in total. The Morgan fingerprint density at radius 2 is 2.17 bits per heavy atom. The van der Waals surface area contributed by atoms with E-state index in [9.17, 15) is 4.79 Å². The first kappa shape index (κ1) is 14.2. The van der Waals surface area contributed by atoms with Gasteiger partial charge in [0.2, 0.25) is 0 Å². The highest BCUT2D eigenvalue weighted by molar-refractivity contribution is 7.71. The van der Waals surface area contributed by atoms with Crippen LogP contribution in [-0.4, -0.2) is 31.4 Å². The summed E-state index contributed by atoms with van der Waals surface area (Å²) in [6.07, 6.45) is 2.53. The van der Waals surface area contributed by atoms with Gasteiger partial charge < -0.3 is 4.98 Å². The van der Waals surface area contributed by atoms with Crippen molar-refractivity contribution in [2.45, 2.75) is 19.5 Å². The average Bonchev–Trinajstić information content (AvgIpc) is 2.55. The van der Waals surface area contributed by atoms with Crippen LogP contribution in [0.2, 0.25) is 0 Å². The molecule has 0 aromatic carbocycles. The number of rotatable bonds is 2. The molecule has 0 radical (unpaired) electrons. The smallest absolute Gasteiger partial charge is 0.256 e. The summed E-state index contributed by atoms with van der Waals surface area (Å²) in [5.74, 6) is 0. The molecule has 0 unspecified atom stereocenters. The molecule has 0 spiro atoms. The van der Waals surface area contributed by atoms with Crippen LogP contribution < -0.4 is 5.56 Å². The molecule has 7 heteroatoms. The van der Waals surface area contributed by atoms with E-state index >= 15 is 0 Å². The fourth-order valence-electron chi connectivity index (χ4n) is 2.96. The van der Waals surface area contributed by atoms with Gasteiger partial charge in [-0.2, -0.15) is 0 Å². The molecule has 3 aromatic rings. The quantitative estimate of drug-likeness (QED) is 0.704. The molecule has 4 heterocycles. The first-order valence-electron chi connectivity index (χ1n) is 7.46. The number of aromatic nitrogens is 4. The van der Waals surface area contributed by atoms with Gasteiger partial charge in [0.15, 0.2) is 10.4 Å². The minimum absolute atomic E-state index is 0.0958. The Kier molecular flexibility index (Phi) is 3.51. The van der Waals surface area contributed by atoms with Crippen LogP contribution in [0.25, 0.3) is 11.0 Å². The molecule has 3 aromatic heterocycles. The standard InChI is InChI=1S/C16H15N5OS/c22-15-12-9-21(7-5-13(12)19-16(23)20-15)8-11-4-3-10-2-1-6-17-14(10)18-11/h1-4,6H,5,7-9H2,(H2,19,20,22,23). The lowest BCUT2D eigenvalue weighted by Gasteiger charge is -2.27. The zero-order chi connectivity index (χ0) is 15.8. The topological polar surface area (TPSA) is 77.7 Å². The second kappa shape index (κ2) is 5.68. The molecule has 1 aliphatic rings. The van der Waals surface area contributed by atoms with Crippen molar-refractivity contribution in [1.29, 1.82) is 0 Å². The highest BCUT2D eigenvalue weighted by Crippen LogP contribution is 2.16. The summed E-state index contributed by atoms with van der Waals surface area (Å²) < 4.78 is 0.393. The maximum atomic E-state index is 12.1. The van der Waals surface area contributed by atoms with E-state index < -0.39 is 0 Å². The third kappa shape index (κ3) is 2.80. The van der Waals surface area contributed by atoms with Crippen molar-refractivity contribution in [3.05, 3.63) is 62.5 Å². The van der Waals surface area contributed by atoms with Gasteiger partial charge in [0.25, 0.3) is 5.56 Å². The number of pyridine rings is 2. The Labute approximate surface area is 137 Å². The van der Waals surface area contributed by atoms with Gasteiger partial charge in [-0.05, 0) is 36.5 Å². The number of aromatic amines is 2. The van der Waals surface area contributed by atoms with E-state index in [1.165, 1.54) is 0 Å². The van der Waals surface area contributed by atoms with E-state index in [2.05, 4.69) is 24.8 Å². The van der Waals surface area contributed by atoms with Crippen molar-refractivity contribution in [2.24, 2.45) is 0 Å². The predicted molar refractivity (Wildman–Crippen MR) is 89.6 cm³/mol. The van der Waals surface area contributed by atoms with Gasteiger partial charge in [0.05, 0.1) is 11.3 Å². The van der Waals surface area contributed by atoms with E-state index in [1.54, 1.807) is 6.20 Å². The molecule has 1 aliphatic heterocycles. The largest absolute Gasteiger partial charge is 0.335 e. The minimum Gasteiger partial charge on any atom is -0.335 e. The van der Waals surface area contributed by atoms with Crippen molar-refractivity contribution < 1.29 is 0 Å². The van der Waals surface area contributed by atoms with Crippen molar-refractivity contribution in [3.63, 3.8) is 0 Å². The third-order valence-electron chi connectivity index (χ3n) is 4.10. The second-order valence-corrected chi connectivity index (χ2v) is 6.09. The normalized spacial score (nSPS) is 14.8. The van der Waals surface area contributed by atoms with Gasteiger partial charge in [-0.3, -0.25) is 14.7 Å². The number of fused-ring (bicyclic) bond motifs is 2. The van der Waals surface area contributed by atoms with Gasteiger partial charge in [0, 0.05) is 43.3 Å². The molecule has 0 amide bonds. The van der Waals surface area contributed by atoms with Crippen LogP contribution in [0.15, 0.2) is 35.3 Å². The summed E-state index contributed by atoms with van der Waals surface area (Å²) >= 11 is 5.02. The van der Waals surface area contributed by atoms with Crippen LogP contribution in [0.5, 0.6) is 0 Å². The molecule has 0 saturated heterocycles. The number of hydrogen-bond donors (Lipinski definition) is 2. The van der Waals surface area contributed by atoms with Crippen molar-refractivity contribution in [2.75, 3.05) is 6.54 Å². The van der Waals surface area contributed by atoms with Crippen molar-refractivity contribution >= 4 is 23.3 Å². The molecular weight excluding hydrogens is 310 g/mol. The predicted octanol–water partition coefficient (Wildman–Crippen LogP) is 1.93. The minimum atomic E-state index is -0.0958. The second-order valence-electron chi connectivity index (χ2n) is 5.68. The van der Waals surface area contributed by atoms with E-state index in [0.29, 0.717) is 17.9 Å². The molecule has 0 aliphatic carbocycles. The Bertz CT molecular complexity index is 993. The monoisotopic (exact) mass is 325 g/mol. The highest BCUT2D eigenvalue weighted by Gasteiger charge is 2.20. The van der Waals surface area contributed by atoms with Gasteiger partial charge in [-0.1, -0.05) is 0 Å². The number of nitrogens with zero attached hydrogens (tertiary/aromatic N) is 3. The maximum Gasteiger partial charge on any atom is 0.256 e. The lowest BCUT2D eigenvalue weighted by atomic mass is 10.1. The highest BCUT2D eigenvalue weighted by atomic mass is 32.1. The summed E-state index contributed by atoms with van der Waals surface area (Å²) in [6, 6.07) is 7.95. The van der Waals surface area contributed by atoms with Gasteiger partial charge in [0.1, 0.15) is 0 Å². The fraction of sp³-hybridized carbons (Fsp3) is 0.250. The Morgan fingerprint density at radius 1 is 1.26 bits per heavy atom. The molecule has 6 nitrogen and oxygen atoms in total.